The van der Waals surface area contributed by atoms with Crippen LogP contribution in [-0.4, -0.2) is 29.2 Å². The maximum absolute atomic E-state index is 12.5. The number of benzene rings is 1. The van der Waals surface area contributed by atoms with E-state index in [1.165, 1.54) is 10.5 Å². The average Bonchev–Trinajstić information content (AvgIpc) is 3.14. The monoisotopic (exact) mass is 328 g/mol. The van der Waals surface area contributed by atoms with Crippen molar-refractivity contribution in [2.45, 2.75) is 57.4 Å². The summed E-state index contributed by atoms with van der Waals surface area (Å²) >= 11 is 0. The highest BCUT2D eigenvalue weighted by Crippen LogP contribution is 2.39. The molecule has 0 atom stereocenters. The molecule has 1 aliphatic carbocycles. The molecule has 0 radical (unpaired) electrons. The second kappa shape index (κ2) is 6.75. The van der Waals surface area contributed by atoms with Crippen LogP contribution in [0.1, 0.15) is 56.1 Å². The molecular formula is C19H24N2O3. The number of amides is 3. The molecule has 1 heterocycles. The average molecular weight is 328 g/mol. The smallest absolute Gasteiger partial charge is 0.229 e. The fourth-order valence-electron chi connectivity index (χ4n) is 3.82. The van der Waals surface area contributed by atoms with E-state index in [0.717, 1.165) is 31.2 Å². The fourth-order valence-corrected chi connectivity index (χ4v) is 3.82. The van der Waals surface area contributed by atoms with Gasteiger partial charge in [0.25, 0.3) is 0 Å². The Morgan fingerprint density at radius 1 is 1.17 bits per heavy atom. The third kappa shape index (κ3) is 3.35. The summed E-state index contributed by atoms with van der Waals surface area (Å²) in [5.74, 6) is -0.421. The Kier molecular flexibility index (Phi) is 4.69. The van der Waals surface area contributed by atoms with E-state index in [1.807, 2.05) is 6.07 Å². The van der Waals surface area contributed by atoms with Crippen molar-refractivity contribution in [1.29, 1.82) is 0 Å². The molecule has 1 saturated heterocycles. The van der Waals surface area contributed by atoms with Gasteiger partial charge in [0.15, 0.2) is 0 Å². The van der Waals surface area contributed by atoms with Crippen LogP contribution in [0.4, 0.5) is 0 Å². The summed E-state index contributed by atoms with van der Waals surface area (Å²) in [5.41, 5.74) is 2.03. The Balaban J connectivity index is 1.66. The molecule has 0 unspecified atom stereocenters. The number of hydrogen-bond donors (Lipinski definition) is 1. The Morgan fingerprint density at radius 3 is 2.46 bits per heavy atom. The lowest BCUT2D eigenvalue weighted by molar-refractivity contribution is -0.138. The van der Waals surface area contributed by atoms with Crippen LogP contribution < -0.4 is 5.32 Å². The first-order valence-electron chi connectivity index (χ1n) is 8.71. The molecule has 3 amide bonds. The number of carbonyl (C=O) groups is 3. The summed E-state index contributed by atoms with van der Waals surface area (Å²) in [6.45, 7) is 2.24. The number of nitrogens with zero attached hydrogens (tertiary/aromatic N) is 1. The summed E-state index contributed by atoms with van der Waals surface area (Å²) < 4.78 is 0. The Hall–Kier alpha value is -2.17. The van der Waals surface area contributed by atoms with Crippen LogP contribution in [0.5, 0.6) is 0 Å². The molecule has 1 saturated carbocycles. The molecule has 0 aromatic heterocycles. The van der Waals surface area contributed by atoms with Gasteiger partial charge in [0.05, 0.1) is 5.54 Å². The molecule has 0 spiro atoms. The Labute approximate surface area is 142 Å². The lowest BCUT2D eigenvalue weighted by atomic mass is 9.87. The summed E-state index contributed by atoms with van der Waals surface area (Å²) in [6.07, 6.45) is 4.77. The van der Waals surface area contributed by atoms with Crippen molar-refractivity contribution in [1.82, 2.24) is 10.2 Å². The molecule has 2 aliphatic rings. The summed E-state index contributed by atoms with van der Waals surface area (Å²) in [5, 5.41) is 3.20. The Morgan fingerprint density at radius 2 is 1.83 bits per heavy atom. The van der Waals surface area contributed by atoms with Gasteiger partial charge in [-0.15, -0.1) is 0 Å². The van der Waals surface area contributed by atoms with Gasteiger partial charge in [0.1, 0.15) is 0 Å². The summed E-state index contributed by atoms with van der Waals surface area (Å²) in [6, 6.07) is 8.29. The molecule has 1 N–H and O–H groups in total. The van der Waals surface area contributed by atoms with E-state index >= 15 is 0 Å². The van der Waals surface area contributed by atoms with Gasteiger partial charge in [0.2, 0.25) is 17.7 Å². The van der Waals surface area contributed by atoms with Crippen LogP contribution in [0.15, 0.2) is 24.3 Å². The van der Waals surface area contributed by atoms with E-state index in [0.29, 0.717) is 0 Å². The molecule has 3 rings (SSSR count). The van der Waals surface area contributed by atoms with Crippen LogP contribution in [-0.2, 0) is 19.9 Å². The summed E-state index contributed by atoms with van der Waals surface area (Å²) in [7, 11) is 0. The highest BCUT2D eigenvalue weighted by molar-refractivity contribution is 6.02. The van der Waals surface area contributed by atoms with E-state index < -0.39 is 0 Å². The highest BCUT2D eigenvalue weighted by Gasteiger charge is 2.37. The van der Waals surface area contributed by atoms with Crippen LogP contribution >= 0.6 is 0 Å². The van der Waals surface area contributed by atoms with Crippen LogP contribution in [0.25, 0.3) is 0 Å². The van der Waals surface area contributed by atoms with Crippen LogP contribution in [0.2, 0.25) is 0 Å². The van der Waals surface area contributed by atoms with Gasteiger partial charge >= 0.3 is 0 Å². The van der Waals surface area contributed by atoms with E-state index in [9.17, 15) is 14.4 Å². The van der Waals surface area contributed by atoms with Crippen molar-refractivity contribution in [2.75, 3.05) is 6.54 Å². The minimum atomic E-state index is -0.303. The molecule has 2 fully saturated rings. The highest BCUT2D eigenvalue weighted by atomic mass is 16.2. The van der Waals surface area contributed by atoms with Gasteiger partial charge in [-0.05, 0) is 25.3 Å². The standard InChI is InChI=1S/C19H24N2O3/c1-14-5-4-6-15(13-14)19(10-2-3-11-19)20-16(22)9-12-21-17(23)7-8-18(21)24/h4-6,13H,2-3,7-12H2,1H3,(H,20,22). The first kappa shape index (κ1) is 16.7. The molecule has 1 aromatic carbocycles. The van der Waals surface area contributed by atoms with Gasteiger partial charge < -0.3 is 5.32 Å². The van der Waals surface area contributed by atoms with Crippen molar-refractivity contribution in [3.63, 3.8) is 0 Å². The number of aryl methyl sites for hydroxylation is 1. The predicted octanol–water partition coefficient (Wildman–Crippen LogP) is 2.42. The molecule has 5 heteroatoms. The van der Waals surface area contributed by atoms with Gasteiger partial charge in [-0.25, -0.2) is 0 Å². The molecule has 1 aromatic rings. The molecule has 0 bridgehead atoms. The predicted molar refractivity (Wildman–Crippen MR) is 90.0 cm³/mol. The minimum Gasteiger partial charge on any atom is -0.347 e. The largest absolute Gasteiger partial charge is 0.347 e. The zero-order valence-electron chi connectivity index (χ0n) is 14.1. The second-order valence-corrected chi connectivity index (χ2v) is 6.90. The Bertz CT molecular complexity index is 646. The van der Waals surface area contributed by atoms with Crippen molar-refractivity contribution >= 4 is 17.7 Å². The number of carbonyl (C=O) groups excluding carboxylic acids is 3. The summed E-state index contributed by atoms with van der Waals surface area (Å²) in [4.78, 5) is 37.0. The fraction of sp³-hybridized carbons (Fsp3) is 0.526. The quantitative estimate of drug-likeness (QED) is 0.844. The van der Waals surface area contributed by atoms with Crippen LogP contribution in [0, 0.1) is 6.92 Å². The molecule has 5 nitrogen and oxygen atoms in total. The number of rotatable bonds is 5. The van der Waals surface area contributed by atoms with E-state index in [2.05, 4.69) is 30.4 Å². The van der Waals surface area contributed by atoms with Gasteiger partial charge in [-0.1, -0.05) is 42.7 Å². The second-order valence-electron chi connectivity index (χ2n) is 6.90. The number of hydrogen-bond acceptors (Lipinski definition) is 3. The van der Waals surface area contributed by atoms with E-state index in [1.54, 1.807) is 0 Å². The topological polar surface area (TPSA) is 66.5 Å². The molecule has 1 aliphatic heterocycles. The van der Waals surface area contributed by atoms with Crippen molar-refractivity contribution in [2.24, 2.45) is 0 Å². The minimum absolute atomic E-state index is 0.0918. The molecule has 24 heavy (non-hydrogen) atoms. The normalized spacial score (nSPS) is 19.8. The van der Waals surface area contributed by atoms with Gasteiger partial charge in [0, 0.05) is 25.8 Å². The van der Waals surface area contributed by atoms with E-state index in [-0.39, 0.29) is 49.1 Å². The lowest BCUT2D eigenvalue weighted by Gasteiger charge is -2.31. The molecular weight excluding hydrogens is 304 g/mol. The number of nitrogens with one attached hydrogen (secondary N) is 1. The number of imide groups is 1. The first-order chi connectivity index (χ1) is 11.5. The zero-order chi connectivity index (χ0) is 17.2. The maximum atomic E-state index is 12.5. The first-order valence-corrected chi connectivity index (χ1v) is 8.71. The van der Waals surface area contributed by atoms with E-state index in [4.69, 9.17) is 0 Å². The third-order valence-corrected chi connectivity index (χ3v) is 5.12. The molecule has 128 valence electrons. The van der Waals surface area contributed by atoms with Gasteiger partial charge in [-0.2, -0.15) is 0 Å². The van der Waals surface area contributed by atoms with Gasteiger partial charge in [-0.3, -0.25) is 19.3 Å². The third-order valence-electron chi connectivity index (χ3n) is 5.12. The van der Waals surface area contributed by atoms with Crippen molar-refractivity contribution < 1.29 is 14.4 Å². The zero-order valence-corrected chi connectivity index (χ0v) is 14.1. The van der Waals surface area contributed by atoms with Crippen molar-refractivity contribution in [3.05, 3.63) is 35.4 Å². The SMILES string of the molecule is Cc1cccc(C2(NC(=O)CCN3C(=O)CCC3=O)CCCC2)c1. The number of likely N-dealkylation sites (tertiary alicyclic amines) is 1. The van der Waals surface area contributed by atoms with Crippen LogP contribution in [0.3, 0.4) is 0 Å². The lowest BCUT2D eigenvalue weighted by Crippen LogP contribution is -2.45. The maximum Gasteiger partial charge on any atom is 0.229 e. The van der Waals surface area contributed by atoms with Crippen molar-refractivity contribution in [3.8, 4) is 0 Å².